The number of H-pyrrole nitrogens is 1. The summed E-state index contributed by atoms with van der Waals surface area (Å²) in [5.41, 5.74) is 3.35. The SMILES string of the molecule is COC(=O)C(Cc1cn(C)c2ccccc12)NC(=O)Oc1ccccc1-c1cnc[nH]1. The van der Waals surface area contributed by atoms with E-state index in [2.05, 4.69) is 15.3 Å². The number of amides is 1. The molecular formula is C23H22N4O4. The van der Waals surface area contributed by atoms with Gasteiger partial charge >= 0.3 is 12.1 Å². The number of para-hydroxylation sites is 2. The second-order valence-electron chi connectivity index (χ2n) is 7.06. The summed E-state index contributed by atoms with van der Waals surface area (Å²) < 4.78 is 12.4. The number of hydrogen-bond donors (Lipinski definition) is 2. The molecule has 0 bridgehead atoms. The van der Waals surface area contributed by atoms with Gasteiger partial charge in [0.15, 0.2) is 0 Å². The number of rotatable bonds is 6. The Labute approximate surface area is 178 Å². The van der Waals surface area contributed by atoms with E-state index in [1.165, 1.54) is 7.11 Å². The lowest BCUT2D eigenvalue weighted by Gasteiger charge is -2.17. The number of hydrogen-bond acceptors (Lipinski definition) is 5. The Morgan fingerprint density at radius 3 is 2.71 bits per heavy atom. The molecule has 31 heavy (non-hydrogen) atoms. The summed E-state index contributed by atoms with van der Waals surface area (Å²) in [5, 5.41) is 3.65. The van der Waals surface area contributed by atoms with Gasteiger partial charge in [-0.05, 0) is 23.8 Å². The third-order valence-corrected chi connectivity index (χ3v) is 5.06. The summed E-state index contributed by atoms with van der Waals surface area (Å²) >= 11 is 0. The number of methoxy groups -OCH3 is 1. The van der Waals surface area contributed by atoms with Crippen molar-refractivity contribution < 1.29 is 19.1 Å². The van der Waals surface area contributed by atoms with Crippen LogP contribution in [0.15, 0.2) is 67.3 Å². The number of esters is 1. The summed E-state index contributed by atoms with van der Waals surface area (Å²) in [6, 6.07) is 14.1. The fourth-order valence-electron chi connectivity index (χ4n) is 3.60. The van der Waals surface area contributed by atoms with Gasteiger partial charge in [0.05, 0.1) is 25.3 Å². The summed E-state index contributed by atoms with van der Waals surface area (Å²) in [6.07, 6.45) is 4.65. The Bertz CT molecular complexity index is 1210. The largest absolute Gasteiger partial charge is 0.467 e. The molecule has 1 unspecified atom stereocenters. The van der Waals surface area contributed by atoms with Crippen molar-refractivity contribution >= 4 is 23.0 Å². The Balaban J connectivity index is 1.54. The van der Waals surface area contributed by atoms with Crippen LogP contribution in [0.3, 0.4) is 0 Å². The third-order valence-electron chi connectivity index (χ3n) is 5.06. The number of ether oxygens (including phenoxy) is 2. The lowest BCUT2D eigenvalue weighted by atomic mass is 10.1. The molecule has 1 atom stereocenters. The van der Waals surface area contributed by atoms with Crippen LogP contribution in [-0.2, 0) is 23.0 Å². The Kier molecular flexibility index (Phi) is 5.70. The van der Waals surface area contributed by atoms with Gasteiger partial charge in [0.25, 0.3) is 0 Å². The van der Waals surface area contributed by atoms with Gasteiger partial charge < -0.3 is 24.3 Å². The second kappa shape index (κ2) is 8.74. The number of fused-ring (bicyclic) bond motifs is 1. The van der Waals surface area contributed by atoms with Gasteiger partial charge in [0, 0.05) is 36.1 Å². The molecule has 2 aromatic carbocycles. The first-order valence-electron chi connectivity index (χ1n) is 9.73. The van der Waals surface area contributed by atoms with Crippen LogP contribution in [0.5, 0.6) is 5.75 Å². The number of aromatic amines is 1. The van der Waals surface area contributed by atoms with Gasteiger partial charge in [-0.3, -0.25) is 0 Å². The fraction of sp³-hybridized carbons (Fsp3) is 0.174. The molecule has 0 aliphatic heterocycles. The molecule has 2 heterocycles. The molecule has 0 saturated heterocycles. The Morgan fingerprint density at radius 2 is 1.94 bits per heavy atom. The van der Waals surface area contributed by atoms with Gasteiger partial charge in [-0.1, -0.05) is 30.3 Å². The first kappa shape index (κ1) is 20.2. The van der Waals surface area contributed by atoms with Crippen LogP contribution in [-0.4, -0.2) is 39.7 Å². The van der Waals surface area contributed by atoms with E-state index in [9.17, 15) is 9.59 Å². The lowest BCUT2D eigenvalue weighted by Crippen LogP contribution is -2.44. The van der Waals surface area contributed by atoms with Crippen LogP contribution in [0, 0.1) is 0 Å². The zero-order valence-electron chi connectivity index (χ0n) is 17.2. The molecule has 4 rings (SSSR count). The van der Waals surface area contributed by atoms with Crippen LogP contribution >= 0.6 is 0 Å². The molecule has 2 aromatic heterocycles. The van der Waals surface area contributed by atoms with Gasteiger partial charge in [-0.25, -0.2) is 14.6 Å². The van der Waals surface area contributed by atoms with Crippen LogP contribution in [0.2, 0.25) is 0 Å². The van der Waals surface area contributed by atoms with Crippen molar-refractivity contribution in [3.63, 3.8) is 0 Å². The average molecular weight is 418 g/mol. The monoisotopic (exact) mass is 418 g/mol. The number of carbonyl (C=O) groups excluding carboxylic acids is 2. The van der Waals surface area contributed by atoms with E-state index in [1.807, 2.05) is 54.2 Å². The van der Waals surface area contributed by atoms with E-state index in [4.69, 9.17) is 9.47 Å². The van der Waals surface area contributed by atoms with E-state index in [1.54, 1.807) is 24.7 Å². The zero-order valence-corrected chi connectivity index (χ0v) is 17.2. The molecule has 0 spiro atoms. The van der Waals surface area contributed by atoms with Crippen molar-refractivity contribution in [2.45, 2.75) is 12.5 Å². The predicted octanol–water partition coefficient (Wildman–Crippen LogP) is 3.44. The molecule has 8 nitrogen and oxygen atoms in total. The van der Waals surface area contributed by atoms with Crippen LogP contribution in [0.25, 0.3) is 22.2 Å². The van der Waals surface area contributed by atoms with Gasteiger partial charge in [0.1, 0.15) is 11.8 Å². The smallest absolute Gasteiger partial charge is 0.413 e. The third kappa shape index (κ3) is 4.28. The van der Waals surface area contributed by atoms with Gasteiger partial charge in [0.2, 0.25) is 0 Å². The van der Waals surface area contributed by atoms with Crippen LogP contribution in [0.1, 0.15) is 5.56 Å². The number of carbonyl (C=O) groups is 2. The predicted molar refractivity (Wildman–Crippen MR) is 116 cm³/mol. The number of nitrogens with one attached hydrogen (secondary N) is 2. The highest BCUT2D eigenvalue weighted by molar-refractivity contribution is 5.87. The molecule has 158 valence electrons. The maximum absolute atomic E-state index is 12.7. The maximum atomic E-state index is 12.7. The summed E-state index contributed by atoms with van der Waals surface area (Å²) in [6.45, 7) is 0. The van der Waals surface area contributed by atoms with Crippen molar-refractivity contribution in [1.82, 2.24) is 19.9 Å². The number of aromatic nitrogens is 3. The molecule has 0 fully saturated rings. The van der Waals surface area contributed by atoms with Crippen molar-refractivity contribution in [2.24, 2.45) is 7.05 Å². The van der Waals surface area contributed by atoms with E-state index >= 15 is 0 Å². The van der Waals surface area contributed by atoms with Crippen LogP contribution in [0.4, 0.5) is 4.79 Å². The molecule has 8 heteroatoms. The molecule has 1 amide bonds. The number of benzene rings is 2. The van der Waals surface area contributed by atoms with Crippen molar-refractivity contribution in [2.75, 3.05) is 7.11 Å². The summed E-state index contributed by atoms with van der Waals surface area (Å²) in [4.78, 5) is 32.0. The van der Waals surface area contributed by atoms with Crippen LogP contribution < -0.4 is 10.1 Å². The lowest BCUT2D eigenvalue weighted by molar-refractivity contribution is -0.142. The molecule has 0 saturated carbocycles. The van der Waals surface area contributed by atoms with E-state index in [-0.39, 0.29) is 6.42 Å². The second-order valence-corrected chi connectivity index (χ2v) is 7.06. The number of aryl methyl sites for hydroxylation is 1. The standard InChI is InChI=1S/C23H22N4O4/c1-27-13-15(16-7-3-5-9-20(16)27)11-18(22(28)30-2)26-23(29)31-21-10-6-4-8-17(21)19-12-24-14-25-19/h3-10,12-14,18H,11H2,1-2H3,(H,24,25)(H,26,29). The molecule has 0 radical (unpaired) electrons. The first-order valence-corrected chi connectivity index (χ1v) is 9.73. The highest BCUT2D eigenvalue weighted by atomic mass is 16.6. The topological polar surface area (TPSA) is 98.2 Å². The Morgan fingerprint density at radius 1 is 1.16 bits per heavy atom. The molecule has 0 aliphatic carbocycles. The molecule has 0 aliphatic rings. The van der Waals surface area contributed by atoms with Crippen molar-refractivity contribution in [1.29, 1.82) is 0 Å². The minimum absolute atomic E-state index is 0.269. The molecular weight excluding hydrogens is 396 g/mol. The summed E-state index contributed by atoms with van der Waals surface area (Å²) in [7, 11) is 3.23. The highest BCUT2D eigenvalue weighted by Crippen LogP contribution is 2.28. The molecule has 2 N–H and O–H groups in total. The number of nitrogens with zero attached hydrogens (tertiary/aromatic N) is 2. The maximum Gasteiger partial charge on any atom is 0.413 e. The van der Waals surface area contributed by atoms with Gasteiger partial charge in [-0.15, -0.1) is 0 Å². The fourth-order valence-corrected chi connectivity index (χ4v) is 3.60. The Hall–Kier alpha value is -4.07. The van der Waals surface area contributed by atoms with Crippen molar-refractivity contribution in [3.8, 4) is 17.0 Å². The average Bonchev–Trinajstić information content (AvgIpc) is 3.42. The minimum atomic E-state index is -0.900. The van der Waals surface area contributed by atoms with Crippen molar-refractivity contribution in [3.05, 3.63) is 72.8 Å². The van der Waals surface area contributed by atoms with E-state index < -0.39 is 18.1 Å². The first-order chi connectivity index (χ1) is 15.1. The normalized spacial score (nSPS) is 11.8. The highest BCUT2D eigenvalue weighted by Gasteiger charge is 2.25. The summed E-state index contributed by atoms with van der Waals surface area (Å²) in [5.74, 6) is -0.204. The quantitative estimate of drug-likeness (QED) is 0.468. The van der Waals surface area contributed by atoms with Gasteiger partial charge in [-0.2, -0.15) is 0 Å². The number of imidazole rings is 1. The molecule has 4 aromatic rings. The van der Waals surface area contributed by atoms with E-state index in [0.717, 1.165) is 16.5 Å². The van der Waals surface area contributed by atoms with E-state index in [0.29, 0.717) is 17.0 Å². The minimum Gasteiger partial charge on any atom is -0.467 e. The zero-order chi connectivity index (χ0) is 21.8.